The highest BCUT2D eigenvalue weighted by Gasteiger charge is 2.31. The van der Waals surface area contributed by atoms with Crippen LogP contribution in [0, 0.1) is 6.92 Å². The maximum Gasteiger partial charge on any atom is 0.416 e. The lowest BCUT2D eigenvalue weighted by Crippen LogP contribution is -2.28. The molecule has 0 saturated heterocycles. The predicted molar refractivity (Wildman–Crippen MR) is 119 cm³/mol. The van der Waals surface area contributed by atoms with E-state index in [0.29, 0.717) is 11.4 Å². The fraction of sp³-hybridized carbons (Fsp3) is 0.130. The lowest BCUT2D eigenvalue weighted by Gasteiger charge is -2.12. The number of aromatic nitrogens is 3. The van der Waals surface area contributed by atoms with Gasteiger partial charge in [0, 0.05) is 11.8 Å². The van der Waals surface area contributed by atoms with Gasteiger partial charge in [-0.15, -0.1) is 0 Å². The minimum absolute atomic E-state index is 0.0312. The number of nitrogens with zero attached hydrogens (tertiary/aromatic N) is 3. The number of amides is 1. The van der Waals surface area contributed by atoms with Crippen LogP contribution in [0.1, 0.15) is 11.1 Å². The number of hydrogen-bond acceptors (Lipinski definition) is 5. The van der Waals surface area contributed by atoms with Crippen molar-refractivity contribution in [1.82, 2.24) is 14.7 Å². The van der Waals surface area contributed by atoms with Gasteiger partial charge >= 0.3 is 6.18 Å². The van der Waals surface area contributed by atoms with E-state index in [-0.39, 0.29) is 22.2 Å². The van der Waals surface area contributed by atoms with Crippen molar-refractivity contribution >= 4 is 23.2 Å². The van der Waals surface area contributed by atoms with E-state index < -0.39 is 29.8 Å². The number of anilines is 1. The number of carbonyl (C=O) groups is 1. The summed E-state index contributed by atoms with van der Waals surface area (Å²) in [4.78, 5) is 29.6. The van der Waals surface area contributed by atoms with E-state index in [9.17, 15) is 22.8 Å². The molecule has 0 aliphatic heterocycles. The molecule has 0 bridgehead atoms. The Hall–Kier alpha value is -3.92. The SMILES string of the molecule is Cc1ccc(-c2noc(-c3cccn(CC(=O)Nc4cc(C(F)(F)F)ccc4Cl)c3=O)n2)cc1. The number of nitrogens with one attached hydrogen (secondary N) is 1. The van der Waals surface area contributed by atoms with Crippen LogP contribution in [0.3, 0.4) is 0 Å². The van der Waals surface area contributed by atoms with Gasteiger partial charge < -0.3 is 14.4 Å². The van der Waals surface area contributed by atoms with E-state index in [4.69, 9.17) is 16.1 Å². The van der Waals surface area contributed by atoms with Crippen molar-refractivity contribution < 1.29 is 22.5 Å². The third-order valence-corrected chi connectivity index (χ3v) is 5.20. The smallest absolute Gasteiger partial charge is 0.333 e. The first-order chi connectivity index (χ1) is 16.1. The molecule has 2 aromatic carbocycles. The number of aryl methyl sites for hydroxylation is 1. The summed E-state index contributed by atoms with van der Waals surface area (Å²) in [5.41, 5.74) is 0.0555. The molecule has 0 aliphatic rings. The molecule has 4 aromatic rings. The fourth-order valence-electron chi connectivity index (χ4n) is 3.12. The molecule has 0 fully saturated rings. The molecule has 0 spiro atoms. The Balaban J connectivity index is 1.55. The zero-order valence-corrected chi connectivity index (χ0v) is 18.3. The Labute approximate surface area is 195 Å². The van der Waals surface area contributed by atoms with Crippen LogP contribution in [-0.4, -0.2) is 20.6 Å². The number of hydrogen-bond donors (Lipinski definition) is 1. The van der Waals surface area contributed by atoms with Gasteiger partial charge in [0.1, 0.15) is 12.1 Å². The number of carbonyl (C=O) groups excluding carboxylic acids is 1. The predicted octanol–water partition coefficient (Wildman–Crippen LogP) is 5.18. The Kier molecular flexibility index (Phi) is 6.25. The lowest BCUT2D eigenvalue weighted by atomic mass is 10.1. The summed E-state index contributed by atoms with van der Waals surface area (Å²) in [6, 6.07) is 12.9. The minimum Gasteiger partial charge on any atom is -0.333 e. The van der Waals surface area contributed by atoms with E-state index in [0.717, 1.165) is 28.3 Å². The van der Waals surface area contributed by atoms with Gasteiger partial charge in [-0.25, -0.2) is 0 Å². The molecular formula is C23H16ClF3N4O3. The van der Waals surface area contributed by atoms with Gasteiger partial charge in [0.15, 0.2) is 0 Å². The minimum atomic E-state index is -4.60. The van der Waals surface area contributed by atoms with E-state index in [2.05, 4.69) is 15.5 Å². The second kappa shape index (κ2) is 9.14. The van der Waals surface area contributed by atoms with Crippen molar-refractivity contribution in [2.45, 2.75) is 19.6 Å². The van der Waals surface area contributed by atoms with Gasteiger partial charge in [-0.3, -0.25) is 9.59 Å². The number of alkyl halides is 3. The van der Waals surface area contributed by atoms with E-state index in [1.807, 2.05) is 31.2 Å². The van der Waals surface area contributed by atoms with Crippen LogP contribution in [0.25, 0.3) is 22.8 Å². The van der Waals surface area contributed by atoms with E-state index in [1.165, 1.54) is 18.3 Å². The van der Waals surface area contributed by atoms with Crippen molar-refractivity contribution in [3.8, 4) is 22.8 Å². The summed E-state index contributed by atoms with van der Waals surface area (Å²) in [6.45, 7) is 1.47. The maximum atomic E-state index is 12.9. The van der Waals surface area contributed by atoms with Crippen molar-refractivity contribution in [1.29, 1.82) is 0 Å². The second-order valence-corrected chi connectivity index (χ2v) is 7.79. The topological polar surface area (TPSA) is 90.0 Å². The molecule has 0 atom stereocenters. The maximum absolute atomic E-state index is 12.9. The molecule has 2 heterocycles. The lowest BCUT2D eigenvalue weighted by molar-refractivity contribution is -0.137. The summed E-state index contributed by atoms with van der Waals surface area (Å²) >= 11 is 5.91. The number of pyridine rings is 1. The zero-order valence-electron chi connectivity index (χ0n) is 17.6. The van der Waals surface area contributed by atoms with Crippen LogP contribution in [0.5, 0.6) is 0 Å². The van der Waals surface area contributed by atoms with Gasteiger partial charge in [-0.05, 0) is 37.3 Å². The third-order valence-electron chi connectivity index (χ3n) is 4.87. The summed E-state index contributed by atoms with van der Waals surface area (Å²) in [7, 11) is 0. The second-order valence-electron chi connectivity index (χ2n) is 7.38. The van der Waals surface area contributed by atoms with Gasteiger partial charge in [-0.1, -0.05) is 46.6 Å². The molecule has 174 valence electrons. The Morgan fingerprint density at radius 2 is 1.88 bits per heavy atom. The molecule has 1 amide bonds. The standard InChI is InChI=1S/C23H16ClF3N4O3/c1-13-4-6-14(7-5-13)20-29-21(34-30-20)16-3-2-10-31(22(16)33)12-19(32)28-18-11-15(23(25,26)27)8-9-17(18)24/h2-11H,12H2,1H3,(H,28,32). The molecule has 7 nitrogen and oxygen atoms in total. The molecule has 0 radical (unpaired) electrons. The third kappa shape index (κ3) is 5.01. The molecular weight excluding hydrogens is 473 g/mol. The van der Waals surface area contributed by atoms with Crippen LogP contribution < -0.4 is 10.9 Å². The summed E-state index contributed by atoms with van der Waals surface area (Å²) in [6.07, 6.45) is -3.24. The van der Waals surface area contributed by atoms with Crippen molar-refractivity contribution in [2.24, 2.45) is 0 Å². The molecule has 2 aromatic heterocycles. The monoisotopic (exact) mass is 488 g/mol. The number of halogens is 4. The fourth-order valence-corrected chi connectivity index (χ4v) is 3.28. The summed E-state index contributed by atoms with van der Waals surface area (Å²) < 4.78 is 45.2. The number of benzene rings is 2. The zero-order chi connectivity index (χ0) is 24.5. The molecule has 0 aliphatic carbocycles. The first-order valence-corrected chi connectivity index (χ1v) is 10.3. The largest absolute Gasteiger partial charge is 0.416 e. The van der Waals surface area contributed by atoms with Crippen LogP contribution in [0.2, 0.25) is 5.02 Å². The first-order valence-electron chi connectivity index (χ1n) is 9.89. The van der Waals surface area contributed by atoms with Crippen LogP contribution in [0.15, 0.2) is 70.1 Å². The van der Waals surface area contributed by atoms with Crippen molar-refractivity contribution in [3.63, 3.8) is 0 Å². The molecule has 4 rings (SSSR count). The van der Waals surface area contributed by atoms with Crippen LogP contribution in [-0.2, 0) is 17.5 Å². The molecule has 11 heteroatoms. The number of rotatable bonds is 5. The average Bonchev–Trinajstić information content (AvgIpc) is 3.26. The highest BCUT2D eigenvalue weighted by Crippen LogP contribution is 2.33. The quantitative estimate of drug-likeness (QED) is 0.418. The molecule has 0 unspecified atom stereocenters. The normalized spacial score (nSPS) is 11.4. The van der Waals surface area contributed by atoms with Crippen molar-refractivity contribution in [2.75, 3.05) is 5.32 Å². The van der Waals surface area contributed by atoms with Gasteiger partial charge in [0.25, 0.3) is 11.4 Å². The highest BCUT2D eigenvalue weighted by atomic mass is 35.5. The highest BCUT2D eigenvalue weighted by molar-refractivity contribution is 6.33. The summed E-state index contributed by atoms with van der Waals surface area (Å²) in [5, 5.41) is 6.13. The van der Waals surface area contributed by atoms with Crippen LogP contribution in [0.4, 0.5) is 18.9 Å². The Morgan fingerprint density at radius 3 is 2.59 bits per heavy atom. The Bertz CT molecular complexity index is 1410. The van der Waals surface area contributed by atoms with Gasteiger partial charge in [0.05, 0.1) is 16.3 Å². The molecule has 1 N–H and O–H groups in total. The van der Waals surface area contributed by atoms with Gasteiger partial charge in [0.2, 0.25) is 11.7 Å². The van der Waals surface area contributed by atoms with E-state index in [1.54, 1.807) is 0 Å². The van der Waals surface area contributed by atoms with Gasteiger partial charge in [-0.2, -0.15) is 18.2 Å². The average molecular weight is 489 g/mol. The molecule has 0 saturated carbocycles. The van der Waals surface area contributed by atoms with Crippen LogP contribution >= 0.6 is 11.6 Å². The molecule has 34 heavy (non-hydrogen) atoms. The summed E-state index contributed by atoms with van der Waals surface area (Å²) in [5.74, 6) is -0.482. The van der Waals surface area contributed by atoms with E-state index >= 15 is 0 Å². The Morgan fingerprint density at radius 1 is 1.15 bits per heavy atom. The first kappa shape index (κ1) is 23.2. The van der Waals surface area contributed by atoms with Crippen molar-refractivity contribution in [3.05, 3.63) is 87.3 Å².